The number of rotatable bonds is 7. The maximum atomic E-state index is 5.74. The molecule has 0 fully saturated rings. The first kappa shape index (κ1) is 14.0. The molecule has 0 aliphatic rings. The molecule has 0 aliphatic carbocycles. The van der Waals surface area contributed by atoms with Crippen LogP contribution in [0.5, 0.6) is 5.75 Å². The van der Waals surface area contributed by atoms with E-state index in [1.54, 1.807) is 0 Å². The fourth-order valence-corrected chi connectivity index (χ4v) is 1.37. The van der Waals surface area contributed by atoms with Crippen LogP contribution in [0.1, 0.15) is 24.5 Å². The predicted molar refractivity (Wildman–Crippen MR) is 70.5 cm³/mol. The van der Waals surface area contributed by atoms with Crippen LogP contribution in [0, 0.1) is 13.8 Å². The minimum Gasteiger partial charge on any atom is -0.491 e. The second-order valence-corrected chi connectivity index (χ2v) is 4.34. The van der Waals surface area contributed by atoms with Crippen molar-refractivity contribution in [2.24, 2.45) is 5.73 Å². The van der Waals surface area contributed by atoms with Crippen LogP contribution in [0.15, 0.2) is 18.2 Å². The summed E-state index contributed by atoms with van der Waals surface area (Å²) in [6.45, 7) is 7.99. The van der Waals surface area contributed by atoms with Crippen molar-refractivity contribution in [3.05, 3.63) is 29.3 Å². The minimum absolute atomic E-state index is 0.136. The molecule has 1 atom stereocenters. The van der Waals surface area contributed by atoms with Crippen LogP contribution in [0.4, 0.5) is 0 Å². The van der Waals surface area contributed by atoms with Crippen molar-refractivity contribution >= 4 is 0 Å². The van der Waals surface area contributed by atoms with Gasteiger partial charge in [0, 0.05) is 6.04 Å². The highest BCUT2D eigenvalue weighted by molar-refractivity contribution is 5.33. The van der Waals surface area contributed by atoms with Crippen LogP contribution >= 0.6 is 0 Å². The predicted octanol–water partition coefficient (Wildman–Crippen LogP) is 2.44. The molecule has 0 spiro atoms. The van der Waals surface area contributed by atoms with E-state index in [1.807, 2.05) is 12.1 Å². The molecule has 0 amide bonds. The molecule has 0 saturated carbocycles. The standard InChI is InChI=1S/C14H23NO2/c1-4-13(15)10-16-7-8-17-14-6-5-11(2)12(3)9-14/h5-6,9,13H,4,7-8,10,15H2,1-3H3. The smallest absolute Gasteiger partial charge is 0.119 e. The van der Waals surface area contributed by atoms with E-state index in [1.165, 1.54) is 11.1 Å². The van der Waals surface area contributed by atoms with Gasteiger partial charge in [-0.15, -0.1) is 0 Å². The largest absolute Gasteiger partial charge is 0.491 e. The zero-order valence-corrected chi connectivity index (χ0v) is 11.0. The lowest BCUT2D eigenvalue weighted by molar-refractivity contribution is 0.0897. The lowest BCUT2D eigenvalue weighted by Crippen LogP contribution is -2.26. The van der Waals surface area contributed by atoms with E-state index < -0.39 is 0 Å². The molecular formula is C14H23NO2. The van der Waals surface area contributed by atoms with Gasteiger partial charge in [-0.2, -0.15) is 0 Å². The van der Waals surface area contributed by atoms with E-state index >= 15 is 0 Å². The Kier molecular flexibility index (Phi) is 6.01. The van der Waals surface area contributed by atoms with Crippen LogP contribution in [-0.4, -0.2) is 25.9 Å². The highest BCUT2D eigenvalue weighted by atomic mass is 16.5. The molecule has 2 N–H and O–H groups in total. The Bertz CT molecular complexity index is 339. The van der Waals surface area contributed by atoms with E-state index in [2.05, 4.69) is 26.8 Å². The van der Waals surface area contributed by atoms with Gasteiger partial charge in [-0.1, -0.05) is 13.0 Å². The van der Waals surface area contributed by atoms with Crippen molar-refractivity contribution in [2.45, 2.75) is 33.2 Å². The average Bonchev–Trinajstić information content (AvgIpc) is 2.33. The van der Waals surface area contributed by atoms with Crippen LogP contribution < -0.4 is 10.5 Å². The van der Waals surface area contributed by atoms with Gasteiger partial charge < -0.3 is 15.2 Å². The van der Waals surface area contributed by atoms with Crippen molar-refractivity contribution in [3.8, 4) is 5.75 Å². The summed E-state index contributed by atoms with van der Waals surface area (Å²) in [6, 6.07) is 6.24. The molecule has 3 nitrogen and oxygen atoms in total. The molecule has 1 rings (SSSR count). The third-order valence-electron chi connectivity index (χ3n) is 2.83. The van der Waals surface area contributed by atoms with Crippen LogP contribution in [0.2, 0.25) is 0 Å². The van der Waals surface area contributed by atoms with Gasteiger partial charge in [-0.05, 0) is 43.5 Å². The van der Waals surface area contributed by atoms with Gasteiger partial charge in [0.1, 0.15) is 12.4 Å². The first-order chi connectivity index (χ1) is 8.13. The molecule has 0 aromatic heterocycles. The second kappa shape index (κ2) is 7.30. The van der Waals surface area contributed by atoms with Gasteiger partial charge in [-0.3, -0.25) is 0 Å². The molecular weight excluding hydrogens is 214 g/mol. The zero-order valence-electron chi connectivity index (χ0n) is 11.0. The van der Waals surface area contributed by atoms with Crippen LogP contribution in [-0.2, 0) is 4.74 Å². The summed E-state index contributed by atoms with van der Waals surface area (Å²) in [5, 5.41) is 0. The maximum absolute atomic E-state index is 5.74. The van der Waals surface area contributed by atoms with Crippen molar-refractivity contribution in [1.82, 2.24) is 0 Å². The van der Waals surface area contributed by atoms with E-state index in [4.69, 9.17) is 15.2 Å². The Labute approximate surface area is 104 Å². The minimum atomic E-state index is 0.136. The average molecular weight is 237 g/mol. The maximum Gasteiger partial charge on any atom is 0.119 e. The van der Waals surface area contributed by atoms with Crippen molar-refractivity contribution in [3.63, 3.8) is 0 Å². The molecule has 1 aromatic rings. The summed E-state index contributed by atoms with van der Waals surface area (Å²) in [6.07, 6.45) is 0.942. The van der Waals surface area contributed by atoms with E-state index in [0.717, 1.165) is 12.2 Å². The molecule has 1 aromatic carbocycles. The van der Waals surface area contributed by atoms with Gasteiger partial charge in [0.2, 0.25) is 0 Å². The Morgan fingerprint density at radius 2 is 1.94 bits per heavy atom. The SMILES string of the molecule is CCC(N)COCCOc1ccc(C)c(C)c1. The van der Waals surface area contributed by atoms with Gasteiger partial charge in [0.05, 0.1) is 13.2 Å². The number of benzene rings is 1. The molecule has 0 aliphatic heterocycles. The molecule has 96 valence electrons. The Morgan fingerprint density at radius 3 is 2.59 bits per heavy atom. The first-order valence-corrected chi connectivity index (χ1v) is 6.17. The number of nitrogens with two attached hydrogens (primary N) is 1. The highest BCUT2D eigenvalue weighted by Crippen LogP contribution is 2.16. The van der Waals surface area contributed by atoms with Gasteiger partial charge in [0.25, 0.3) is 0 Å². The van der Waals surface area contributed by atoms with Crippen molar-refractivity contribution < 1.29 is 9.47 Å². The summed E-state index contributed by atoms with van der Waals surface area (Å²) in [5.41, 5.74) is 8.26. The van der Waals surface area contributed by atoms with Crippen molar-refractivity contribution in [2.75, 3.05) is 19.8 Å². The normalized spacial score (nSPS) is 12.5. The quantitative estimate of drug-likeness (QED) is 0.741. The third-order valence-corrected chi connectivity index (χ3v) is 2.83. The molecule has 0 saturated heterocycles. The molecule has 0 heterocycles. The van der Waals surface area contributed by atoms with Crippen molar-refractivity contribution in [1.29, 1.82) is 0 Å². The van der Waals surface area contributed by atoms with Crippen LogP contribution in [0.3, 0.4) is 0 Å². The highest BCUT2D eigenvalue weighted by Gasteiger charge is 1.99. The summed E-state index contributed by atoms with van der Waals surface area (Å²) < 4.78 is 11.0. The fourth-order valence-electron chi connectivity index (χ4n) is 1.37. The first-order valence-electron chi connectivity index (χ1n) is 6.17. The Morgan fingerprint density at radius 1 is 1.18 bits per heavy atom. The molecule has 0 radical (unpaired) electrons. The number of hydrogen-bond acceptors (Lipinski definition) is 3. The zero-order chi connectivity index (χ0) is 12.7. The lowest BCUT2D eigenvalue weighted by Gasteiger charge is -2.11. The summed E-state index contributed by atoms with van der Waals surface area (Å²) in [5.74, 6) is 0.900. The molecule has 1 unspecified atom stereocenters. The molecule has 3 heteroatoms. The van der Waals surface area contributed by atoms with Gasteiger partial charge >= 0.3 is 0 Å². The number of aryl methyl sites for hydroxylation is 2. The molecule has 0 bridgehead atoms. The fraction of sp³-hybridized carbons (Fsp3) is 0.571. The van der Waals surface area contributed by atoms with Gasteiger partial charge in [0.15, 0.2) is 0 Å². The van der Waals surface area contributed by atoms with E-state index in [9.17, 15) is 0 Å². The Balaban J connectivity index is 2.20. The lowest BCUT2D eigenvalue weighted by atomic mass is 10.1. The third kappa shape index (κ3) is 5.20. The molecule has 17 heavy (non-hydrogen) atoms. The summed E-state index contributed by atoms with van der Waals surface area (Å²) in [7, 11) is 0. The van der Waals surface area contributed by atoms with E-state index in [0.29, 0.717) is 19.8 Å². The summed E-state index contributed by atoms with van der Waals surface area (Å²) in [4.78, 5) is 0. The number of ether oxygens (including phenoxy) is 2. The topological polar surface area (TPSA) is 44.5 Å². The van der Waals surface area contributed by atoms with E-state index in [-0.39, 0.29) is 6.04 Å². The summed E-state index contributed by atoms with van der Waals surface area (Å²) >= 11 is 0. The second-order valence-electron chi connectivity index (χ2n) is 4.34. The van der Waals surface area contributed by atoms with Gasteiger partial charge in [-0.25, -0.2) is 0 Å². The Hall–Kier alpha value is -1.06. The van der Waals surface area contributed by atoms with Crippen LogP contribution in [0.25, 0.3) is 0 Å². The monoisotopic (exact) mass is 237 g/mol. The number of hydrogen-bond donors (Lipinski definition) is 1.